The topological polar surface area (TPSA) is 36.8 Å². The largest absolute Gasteiger partial charge is 0.386 e. The molecule has 0 amide bonds. The fourth-order valence-corrected chi connectivity index (χ4v) is 0.450. The molecule has 0 saturated carbocycles. The second-order valence-corrected chi connectivity index (χ2v) is 1.64. The van der Waals surface area contributed by atoms with E-state index in [1.165, 1.54) is 0 Å². The molecular weight excluding hydrogens is 126 g/mol. The van der Waals surface area contributed by atoms with Crippen molar-refractivity contribution in [2.24, 2.45) is 9.98 Å². The average molecular weight is 139 g/mol. The SMILES string of the molecule is C=N/C=C(\C=NCC)NC. The van der Waals surface area contributed by atoms with Gasteiger partial charge in [-0.1, -0.05) is 0 Å². The summed E-state index contributed by atoms with van der Waals surface area (Å²) in [6.07, 6.45) is 3.36. The van der Waals surface area contributed by atoms with Crippen molar-refractivity contribution in [1.82, 2.24) is 5.32 Å². The van der Waals surface area contributed by atoms with E-state index in [0.29, 0.717) is 0 Å². The molecule has 0 aliphatic heterocycles. The average Bonchev–Trinajstić information content (AvgIpc) is 1.98. The molecule has 0 spiro atoms. The zero-order chi connectivity index (χ0) is 7.82. The zero-order valence-electron chi connectivity index (χ0n) is 6.46. The summed E-state index contributed by atoms with van der Waals surface area (Å²) < 4.78 is 0. The Hall–Kier alpha value is -1.12. The first kappa shape index (κ1) is 8.88. The highest BCUT2D eigenvalue weighted by Crippen LogP contribution is 1.82. The first-order chi connectivity index (χ1) is 4.85. The first-order valence-corrected chi connectivity index (χ1v) is 3.18. The number of rotatable bonds is 4. The van der Waals surface area contributed by atoms with Crippen LogP contribution in [0.3, 0.4) is 0 Å². The maximum Gasteiger partial charge on any atom is 0.0704 e. The van der Waals surface area contributed by atoms with Gasteiger partial charge in [0.1, 0.15) is 0 Å². The van der Waals surface area contributed by atoms with Gasteiger partial charge in [0.2, 0.25) is 0 Å². The van der Waals surface area contributed by atoms with E-state index in [4.69, 9.17) is 0 Å². The van der Waals surface area contributed by atoms with Crippen LogP contribution < -0.4 is 5.32 Å². The molecule has 0 aliphatic rings. The van der Waals surface area contributed by atoms with E-state index in [2.05, 4.69) is 22.0 Å². The standard InChI is InChI=1S/C7H13N3/c1-4-10-6-7(9-3)5-8-2/h5-6,9H,2,4H2,1,3H3/b7-5+,10-6?. The van der Waals surface area contributed by atoms with Crippen LogP contribution in [0.25, 0.3) is 0 Å². The molecule has 1 N–H and O–H groups in total. The lowest BCUT2D eigenvalue weighted by molar-refractivity contribution is 1.04. The Bertz CT molecular complexity index is 147. The minimum Gasteiger partial charge on any atom is -0.386 e. The van der Waals surface area contributed by atoms with E-state index in [1.807, 2.05) is 14.0 Å². The van der Waals surface area contributed by atoms with Crippen LogP contribution in [-0.2, 0) is 0 Å². The lowest BCUT2D eigenvalue weighted by atomic mass is 10.5. The summed E-state index contributed by atoms with van der Waals surface area (Å²) in [6.45, 7) is 6.09. The van der Waals surface area contributed by atoms with Gasteiger partial charge in [-0.05, 0) is 13.6 Å². The molecule has 0 aromatic heterocycles. The van der Waals surface area contributed by atoms with Crippen molar-refractivity contribution in [3.63, 3.8) is 0 Å². The maximum atomic E-state index is 4.02. The van der Waals surface area contributed by atoms with E-state index in [1.54, 1.807) is 12.4 Å². The quantitative estimate of drug-likeness (QED) is 0.576. The van der Waals surface area contributed by atoms with E-state index in [-0.39, 0.29) is 0 Å². The minimum absolute atomic E-state index is 0.788. The summed E-state index contributed by atoms with van der Waals surface area (Å²) >= 11 is 0. The summed E-state index contributed by atoms with van der Waals surface area (Å²) in [5, 5.41) is 2.92. The molecule has 0 aromatic carbocycles. The highest BCUT2D eigenvalue weighted by molar-refractivity contribution is 5.77. The Balaban J connectivity index is 3.94. The third kappa shape index (κ3) is 3.83. The smallest absolute Gasteiger partial charge is 0.0704 e. The van der Waals surface area contributed by atoms with Gasteiger partial charge in [-0.3, -0.25) is 9.98 Å². The summed E-state index contributed by atoms with van der Waals surface area (Å²) in [4.78, 5) is 7.61. The van der Waals surface area contributed by atoms with E-state index >= 15 is 0 Å². The van der Waals surface area contributed by atoms with Crippen LogP contribution in [0.5, 0.6) is 0 Å². The van der Waals surface area contributed by atoms with Gasteiger partial charge in [0.15, 0.2) is 0 Å². The predicted molar refractivity (Wildman–Crippen MR) is 45.7 cm³/mol. The third-order valence-corrected chi connectivity index (χ3v) is 0.932. The number of nitrogens with zero attached hydrogens (tertiary/aromatic N) is 2. The first-order valence-electron chi connectivity index (χ1n) is 3.18. The number of hydrogen-bond acceptors (Lipinski definition) is 3. The molecule has 56 valence electrons. The predicted octanol–water partition coefficient (Wildman–Crippen LogP) is 0.839. The fourth-order valence-electron chi connectivity index (χ4n) is 0.450. The van der Waals surface area contributed by atoms with Crippen LogP contribution in [0.4, 0.5) is 0 Å². The van der Waals surface area contributed by atoms with Crippen molar-refractivity contribution in [1.29, 1.82) is 0 Å². The van der Waals surface area contributed by atoms with Gasteiger partial charge in [0, 0.05) is 19.8 Å². The van der Waals surface area contributed by atoms with E-state index < -0.39 is 0 Å². The van der Waals surface area contributed by atoms with Crippen molar-refractivity contribution in [2.75, 3.05) is 13.6 Å². The lowest BCUT2D eigenvalue weighted by Gasteiger charge is -1.95. The van der Waals surface area contributed by atoms with Gasteiger partial charge in [-0.2, -0.15) is 0 Å². The monoisotopic (exact) mass is 139 g/mol. The molecule has 0 aliphatic carbocycles. The lowest BCUT2D eigenvalue weighted by Crippen LogP contribution is -2.06. The summed E-state index contributed by atoms with van der Waals surface area (Å²) in [5.41, 5.74) is 0.872. The molecule has 0 aromatic rings. The number of aliphatic imine (C=N–C) groups is 2. The molecule has 3 nitrogen and oxygen atoms in total. The molecule has 0 atom stereocenters. The summed E-state index contributed by atoms with van der Waals surface area (Å²) in [6, 6.07) is 0. The van der Waals surface area contributed by atoms with Crippen molar-refractivity contribution in [3.8, 4) is 0 Å². The summed E-state index contributed by atoms with van der Waals surface area (Å²) in [5.74, 6) is 0. The molecule has 0 rings (SSSR count). The normalized spacial score (nSPS) is 12.0. The third-order valence-electron chi connectivity index (χ3n) is 0.932. The van der Waals surface area contributed by atoms with Gasteiger partial charge in [-0.25, -0.2) is 0 Å². The van der Waals surface area contributed by atoms with Crippen molar-refractivity contribution in [3.05, 3.63) is 11.9 Å². The van der Waals surface area contributed by atoms with Crippen LogP contribution in [0, 0.1) is 0 Å². The Labute approximate surface area is 61.6 Å². The molecule has 0 saturated heterocycles. The second kappa shape index (κ2) is 6.01. The molecule has 0 unspecified atom stereocenters. The zero-order valence-corrected chi connectivity index (χ0v) is 6.46. The van der Waals surface area contributed by atoms with Crippen LogP contribution in [0.2, 0.25) is 0 Å². The van der Waals surface area contributed by atoms with E-state index in [9.17, 15) is 0 Å². The fraction of sp³-hybridized carbons (Fsp3) is 0.429. The highest BCUT2D eigenvalue weighted by Gasteiger charge is 1.82. The van der Waals surface area contributed by atoms with Crippen molar-refractivity contribution in [2.45, 2.75) is 6.92 Å². The maximum absolute atomic E-state index is 4.02. The van der Waals surface area contributed by atoms with Crippen LogP contribution in [0.1, 0.15) is 6.92 Å². The molecule has 0 radical (unpaired) electrons. The number of hydrogen-bond donors (Lipinski definition) is 1. The molecule has 0 heterocycles. The van der Waals surface area contributed by atoms with Gasteiger partial charge in [0.25, 0.3) is 0 Å². The number of allylic oxidation sites excluding steroid dienone is 1. The Morgan fingerprint density at radius 1 is 1.70 bits per heavy atom. The van der Waals surface area contributed by atoms with Crippen molar-refractivity contribution >= 4 is 12.9 Å². The Kier molecular flexibility index (Phi) is 5.33. The Morgan fingerprint density at radius 3 is 2.80 bits per heavy atom. The van der Waals surface area contributed by atoms with Gasteiger partial charge >= 0.3 is 0 Å². The molecular formula is C7H13N3. The minimum atomic E-state index is 0.788. The van der Waals surface area contributed by atoms with Crippen LogP contribution in [0.15, 0.2) is 21.9 Å². The second-order valence-electron chi connectivity index (χ2n) is 1.64. The highest BCUT2D eigenvalue weighted by atomic mass is 14.9. The van der Waals surface area contributed by atoms with Gasteiger partial charge in [0.05, 0.1) is 11.9 Å². The molecule has 0 fully saturated rings. The molecule has 10 heavy (non-hydrogen) atoms. The van der Waals surface area contributed by atoms with E-state index in [0.717, 1.165) is 12.2 Å². The van der Waals surface area contributed by atoms with Crippen LogP contribution in [-0.4, -0.2) is 26.5 Å². The molecule has 3 heteroatoms. The number of nitrogens with one attached hydrogen (secondary N) is 1. The van der Waals surface area contributed by atoms with Crippen molar-refractivity contribution < 1.29 is 0 Å². The van der Waals surface area contributed by atoms with Gasteiger partial charge in [-0.15, -0.1) is 0 Å². The summed E-state index contributed by atoms with van der Waals surface area (Å²) in [7, 11) is 1.82. The van der Waals surface area contributed by atoms with Crippen LogP contribution >= 0.6 is 0 Å². The molecule has 0 bridgehead atoms. The Morgan fingerprint density at radius 2 is 2.40 bits per heavy atom. The van der Waals surface area contributed by atoms with Gasteiger partial charge < -0.3 is 5.32 Å².